The summed E-state index contributed by atoms with van der Waals surface area (Å²) in [6.07, 6.45) is 3.43. The number of hydrogen-bond acceptors (Lipinski definition) is 3. The summed E-state index contributed by atoms with van der Waals surface area (Å²) in [4.78, 5) is 24.5. The summed E-state index contributed by atoms with van der Waals surface area (Å²) < 4.78 is 0. The lowest BCUT2D eigenvalue weighted by Gasteiger charge is -2.14. The number of likely N-dealkylation sites (tertiary alicyclic amines) is 1. The van der Waals surface area contributed by atoms with Gasteiger partial charge in [-0.2, -0.15) is 5.26 Å². The minimum absolute atomic E-state index is 0.0787. The number of nitriles is 1. The number of benzene rings is 1. The summed E-state index contributed by atoms with van der Waals surface area (Å²) in [6.45, 7) is 1.38. The zero-order valence-corrected chi connectivity index (χ0v) is 10.9. The molecule has 0 saturated carbocycles. The van der Waals surface area contributed by atoms with Crippen LogP contribution in [0.5, 0.6) is 0 Å². The highest BCUT2D eigenvalue weighted by atomic mass is 16.4. The fourth-order valence-corrected chi connectivity index (χ4v) is 2.12. The van der Waals surface area contributed by atoms with Gasteiger partial charge in [-0.15, -0.1) is 0 Å². The number of nitrogens with zero attached hydrogens (tertiary/aromatic N) is 2. The van der Waals surface area contributed by atoms with Gasteiger partial charge in [-0.05, 0) is 36.6 Å². The molecule has 2 rings (SSSR count). The van der Waals surface area contributed by atoms with Gasteiger partial charge in [-0.1, -0.05) is 12.1 Å². The molecule has 0 aliphatic carbocycles. The SMILES string of the molecule is N#CC(=Cc1ccc(C(=O)O)cc1)C(=O)N1CCCC1. The first-order valence-electron chi connectivity index (χ1n) is 6.36. The van der Waals surface area contributed by atoms with Gasteiger partial charge in [0, 0.05) is 13.1 Å². The fourth-order valence-electron chi connectivity index (χ4n) is 2.12. The smallest absolute Gasteiger partial charge is 0.335 e. The molecule has 1 aliphatic heterocycles. The van der Waals surface area contributed by atoms with E-state index in [1.807, 2.05) is 6.07 Å². The van der Waals surface area contributed by atoms with E-state index in [0.29, 0.717) is 18.7 Å². The van der Waals surface area contributed by atoms with Crippen molar-refractivity contribution < 1.29 is 14.7 Å². The highest BCUT2D eigenvalue weighted by Crippen LogP contribution is 2.14. The van der Waals surface area contributed by atoms with Crippen molar-refractivity contribution in [2.45, 2.75) is 12.8 Å². The van der Waals surface area contributed by atoms with Crippen LogP contribution in [0, 0.1) is 11.3 Å². The van der Waals surface area contributed by atoms with E-state index >= 15 is 0 Å². The van der Waals surface area contributed by atoms with Crippen LogP contribution in [0.2, 0.25) is 0 Å². The number of carbonyl (C=O) groups excluding carboxylic acids is 1. The largest absolute Gasteiger partial charge is 0.478 e. The average Bonchev–Trinajstić information content (AvgIpc) is 2.98. The summed E-state index contributed by atoms with van der Waals surface area (Å²) in [5, 5.41) is 17.9. The molecule has 0 unspecified atom stereocenters. The third kappa shape index (κ3) is 3.04. The minimum Gasteiger partial charge on any atom is -0.478 e. The van der Waals surface area contributed by atoms with Crippen molar-refractivity contribution in [3.05, 3.63) is 41.0 Å². The average molecular weight is 270 g/mol. The van der Waals surface area contributed by atoms with Crippen LogP contribution in [0.15, 0.2) is 29.8 Å². The molecule has 0 spiro atoms. The molecule has 1 amide bonds. The molecular formula is C15H14N2O3. The molecule has 1 heterocycles. The summed E-state index contributed by atoms with van der Waals surface area (Å²) >= 11 is 0. The Bertz CT molecular complexity index is 591. The van der Waals surface area contributed by atoms with Crippen LogP contribution in [0.25, 0.3) is 6.08 Å². The zero-order valence-electron chi connectivity index (χ0n) is 10.9. The third-order valence-corrected chi connectivity index (χ3v) is 3.21. The topological polar surface area (TPSA) is 81.4 Å². The first kappa shape index (κ1) is 13.8. The van der Waals surface area contributed by atoms with Crippen LogP contribution in [0.1, 0.15) is 28.8 Å². The number of rotatable bonds is 3. The Labute approximate surface area is 116 Å². The lowest BCUT2D eigenvalue weighted by Crippen LogP contribution is -2.28. The molecule has 5 heteroatoms. The van der Waals surface area contributed by atoms with Crippen molar-refractivity contribution in [1.82, 2.24) is 4.90 Å². The highest BCUT2D eigenvalue weighted by molar-refractivity contribution is 6.01. The molecule has 5 nitrogen and oxygen atoms in total. The van der Waals surface area contributed by atoms with E-state index in [9.17, 15) is 9.59 Å². The van der Waals surface area contributed by atoms with Crippen molar-refractivity contribution in [1.29, 1.82) is 5.26 Å². The quantitative estimate of drug-likeness (QED) is 0.672. The maximum absolute atomic E-state index is 12.1. The van der Waals surface area contributed by atoms with E-state index in [-0.39, 0.29) is 17.0 Å². The maximum Gasteiger partial charge on any atom is 0.335 e. The van der Waals surface area contributed by atoms with E-state index in [1.165, 1.54) is 18.2 Å². The number of hydrogen-bond donors (Lipinski definition) is 1. The van der Waals surface area contributed by atoms with Gasteiger partial charge in [0.2, 0.25) is 0 Å². The van der Waals surface area contributed by atoms with Gasteiger partial charge in [-0.25, -0.2) is 4.79 Å². The molecule has 0 aromatic heterocycles. The van der Waals surface area contributed by atoms with Crippen molar-refractivity contribution in [3.8, 4) is 6.07 Å². The summed E-state index contributed by atoms with van der Waals surface area (Å²) in [6, 6.07) is 7.98. The Morgan fingerprint density at radius 1 is 1.20 bits per heavy atom. The second kappa shape index (κ2) is 6.02. The number of carbonyl (C=O) groups is 2. The molecule has 1 fully saturated rings. The lowest BCUT2D eigenvalue weighted by atomic mass is 10.1. The summed E-state index contributed by atoms with van der Waals surface area (Å²) in [5.41, 5.74) is 0.889. The standard InChI is InChI=1S/C15H14N2O3/c16-10-13(14(18)17-7-1-2-8-17)9-11-3-5-12(6-4-11)15(19)20/h3-6,9H,1-2,7-8H2,(H,19,20). The van der Waals surface area contributed by atoms with E-state index in [4.69, 9.17) is 10.4 Å². The second-order valence-corrected chi connectivity index (χ2v) is 4.60. The van der Waals surface area contributed by atoms with Gasteiger partial charge in [0.05, 0.1) is 5.56 Å². The van der Waals surface area contributed by atoms with Gasteiger partial charge < -0.3 is 10.0 Å². The van der Waals surface area contributed by atoms with E-state index in [2.05, 4.69) is 0 Å². The zero-order chi connectivity index (χ0) is 14.5. The Morgan fingerprint density at radius 2 is 1.80 bits per heavy atom. The normalized spacial score (nSPS) is 14.9. The van der Waals surface area contributed by atoms with E-state index < -0.39 is 5.97 Å². The fraction of sp³-hybridized carbons (Fsp3) is 0.267. The van der Waals surface area contributed by atoms with Crippen molar-refractivity contribution in [3.63, 3.8) is 0 Å². The minimum atomic E-state index is -1.01. The van der Waals surface area contributed by atoms with Crippen LogP contribution in [0.4, 0.5) is 0 Å². The molecule has 1 aliphatic rings. The molecule has 1 N–H and O–H groups in total. The maximum atomic E-state index is 12.1. The molecule has 1 aromatic carbocycles. The summed E-state index contributed by atoms with van der Waals surface area (Å²) in [7, 11) is 0. The van der Waals surface area contributed by atoms with Crippen molar-refractivity contribution >= 4 is 18.0 Å². The predicted octanol–water partition coefficient (Wildman–Crippen LogP) is 1.91. The summed E-state index contributed by atoms with van der Waals surface area (Å²) in [5.74, 6) is -1.26. The van der Waals surface area contributed by atoms with Gasteiger partial charge in [0.1, 0.15) is 11.6 Å². The van der Waals surface area contributed by atoms with Crippen molar-refractivity contribution in [2.75, 3.05) is 13.1 Å². The second-order valence-electron chi connectivity index (χ2n) is 4.60. The number of aromatic carboxylic acids is 1. The molecule has 0 bridgehead atoms. The number of carboxylic acids is 1. The molecule has 1 aromatic rings. The van der Waals surface area contributed by atoms with Gasteiger partial charge >= 0.3 is 5.97 Å². The van der Waals surface area contributed by atoms with Crippen LogP contribution < -0.4 is 0 Å². The van der Waals surface area contributed by atoms with Crippen LogP contribution in [-0.4, -0.2) is 35.0 Å². The first-order chi connectivity index (χ1) is 9.61. The lowest BCUT2D eigenvalue weighted by molar-refractivity contribution is -0.125. The third-order valence-electron chi connectivity index (χ3n) is 3.21. The Hall–Kier alpha value is -2.61. The predicted molar refractivity (Wildman–Crippen MR) is 72.8 cm³/mol. The van der Waals surface area contributed by atoms with Crippen LogP contribution >= 0.6 is 0 Å². The number of amides is 1. The Balaban J connectivity index is 2.20. The van der Waals surface area contributed by atoms with Crippen molar-refractivity contribution in [2.24, 2.45) is 0 Å². The molecular weight excluding hydrogens is 256 g/mol. The molecule has 1 saturated heterocycles. The Morgan fingerprint density at radius 3 is 2.30 bits per heavy atom. The monoisotopic (exact) mass is 270 g/mol. The van der Waals surface area contributed by atoms with E-state index in [0.717, 1.165) is 12.8 Å². The van der Waals surface area contributed by atoms with Gasteiger partial charge in [-0.3, -0.25) is 4.79 Å². The molecule has 102 valence electrons. The van der Waals surface area contributed by atoms with Gasteiger partial charge in [0.15, 0.2) is 0 Å². The molecule has 0 radical (unpaired) electrons. The van der Waals surface area contributed by atoms with E-state index in [1.54, 1.807) is 17.0 Å². The molecule has 0 atom stereocenters. The van der Waals surface area contributed by atoms with Crippen LogP contribution in [-0.2, 0) is 4.79 Å². The highest BCUT2D eigenvalue weighted by Gasteiger charge is 2.21. The molecule has 20 heavy (non-hydrogen) atoms. The first-order valence-corrected chi connectivity index (χ1v) is 6.36. The van der Waals surface area contributed by atoms with Crippen LogP contribution in [0.3, 0.4) is 0 Å². The Kier molecular flexibility index (Phi) is 4.16. The van der Waals surface area contributed by atoms with Gasteiger partial charge in [0.25, 0.3) is 5.91 Å². The number of carboxylic acid groups (broad SMARTS) is 1.